The molecule has 0 aliphatic carbocycles. The van der Waals surface area contributed by atoms with E-state index in [4.69, 9.17) is 5.73 Å². The molecular formula is C15H18FN5. The number of nitrogens with two attached hydrogens (primary N) is 1. The zero-order chi connectivity index (χ0) is 14.7. The second-order valence-corrected chi connectivity index (χ2v) is 4.98. The Labute approximate surface area is 123 Å². The van der Waals surface area contributed by atoms with Crippen LogP contribution in [0.1, 0.15) is 5.69 Å². The number of benzene rings is 1. The normalized spacial score (nSPS) is 15.3. The number of hydrogen-bond donors (Lipinski definition) is 1. The molecule has 0 bridgehead atoms. The van der Waals surface area contributed by atoms with E-state index in [0.29, 0.717) is 18.2 Å². The van der Waals surface area contributed by atoms with Crippen LogP contribution in [-0.4, -0.2) is 36.1 Å². The van der Waals surface area contributed by atoms with Gasteiger partial charge in [-0.2, -0.15) is 0 Å². The molecule has 3 rings (SSSR count). The maximum absolute atomic E-state index is 13.8. The van der Waals surface area contributed by atoms with Crippen molar-refractivity contribution in [2.24, 2.45) is 5.73 Å². The van der Waals surface area contributed by atoms with Crippen molar-refractivity contribution >= 4 is 11.6 Å². The highest BCUT2D eigenvalue weighted by molar-refractivity contribution is 5.49. The number of nitrogens with zero attached hydrogens (tertiary/aromatic N) is 4. The fraction of sp³-hybridized carbons (Fsp3) is 0.333. The molecular weight excluding hydrogens is 269 g/mol. The number of anilines is 2. The summed E-state index contributed by atoms with van der Waals surface area (Å²) in [4.78, 5) is 12.9. The Morgan fingerprint density at radius 3 is 2.48 bits per heavy atom. The van der Waals surface area contributed by atoms with Crippen LogP contribution in [0.15, 0.2) is 36.5 Å². The third-order valence-electron chi connectivity index (χ3n) is 3.67. The largest absolute Gasteiger partial charge is 0.366 e. The minimum Gasteiger partial charge on any atom is -0.366 e. The average Bonchev–Trinajstić information content (AvgIpc) is 2.56. The van der Waals surface area contributed by atoms with Crippen LogP contribution in [0.2, 0.25) is 0 Å². The third kappa shape index (κ3) is 2.95. The molecule has 2 aromatic rings. The molecule has 0 spiro atoms. The summed E-state index contributed by atoms with van der Waals surface area (Å²) in [6.45, 7) is 3.43. The van der Waals surface area contributed by atoms with Gasteiger partial charge < -0.3 is 15.5 Å². The molecule has 1 aliphatic rings. The highest BCUT2D eigenvalue weighted by atomic mass is 19.1. The van der Waals surface area contributed by atoms with E-state index in [-0.39, 0.29) is 5.82 Å². The maximum atomic E-state index is 13.8. The van der Waals surface area contributed by atoms with E-state index in [9.17, 15) is 4.39 Å². The summed E-state index contributed by atoms with van der Waals surface area (Å²) in [6.07, 6.45) is 1.73. The molecule has 6 heteroatoms. The Hall–Kier alpha value is -2.21. The van der Waals surface area contributed by atoms with Crippen molar-refractivity contribution in [1.29, 1.82) is 0 Å². The lowest BCUT2D eigenvalue weighted by Crippen LogP contribution is -2.47. The van der Waals surface area contributed by atoms with Gasteiger partial charge in [-0.3, -0.25) is 0 Å². The molecule has 1 aromatic carbocycles. The second kappa shape index (κ2) is 6.05. The van der Waals surface area contributed by atoms with Crippen molar-refractivity contribution in [1.82, 2.24) is 9.97 Å². The quantitative estimate of drug-likeness (QED) is 0.925. The second-order valence-electron chi connectivity index (χ2n) is 4.98. The van der Waals surface area contributed by atoms with Crippen LogP contribution >= 0.6 is 0 Å². The van der Waals surface area contributed by atoms with Gasteiger partial charge in [0.2, 0.25) is 5.95 Å². The van der Waals surface area contributed by atoms with Crippen LogP contribution in [0.5, 0.6) is 0 Å². The van der Waals surface area contributed by atoms with Gasteiger partial charge in [-0.1, -0.05) is 12.1 Å². The summed E-state index contributed by atoms with van der Waals surface area (Å²) in [6, 6.07) is 8.70. The fourth-order valence-corrected chi connectivity index (χ4v) is 2.51. The monoisotopic (exact) mass is 287 g/mol. The van der Waals surface area contributed by atoms with E-state index >= 15 is 0 Å². The lowest BCUT2D eigenvalue weighted by atomic mass is 10.2. The molecule has 110 valence electrons. The molecule has 0 amide bonds. The minimum atomic E-state index is -0.174. The fourth-order valence-electron chi connectivity index (χ4n) is 2.51. The standard InChI is InChI=1S/C15H18FN5/c16-13-3-1-2-4-14(13)20-7-9-21(10-8-20)15-18-6-5-12(11-17)19-15/h1-6H,7-11,17H2. The lowest BCUT2D eigenvalue weighted by Gasteiger charge is -2.36. The SMILES string of the molecule is NCc1ccnc(N2CCN(c3ccccc3F)CC2)n1. The summed E-state index contributed by atoms with van der Waals surface area (Å²) in [5, 5.41) is 0. The zero-order valence-electron chi connectivity index (χ0n) is 11.7. The van der Waals surface area contributed by atoms with Gasteiger partial charge in [0, 0.05) is 38.9 Å². The first-order valence-electron chi connectivity index (χ1n) is 7.04. The molecule has 0 saturated carbocycles. The first-order chi connectivity index (χ1) is 10.3. The Morgan fingerprint density at radius 2 is 1.76 bits per heavy atom. The topological polar surface area (TPSA) is 58.3 Å². The van der Waals surface area contributed by atoms with Gasteiger partial charge in [-0.25, -0.2) is 14.4 Å². The van der Waals surface area contributed by atoms with Gasteiger partial charge >= 0.3 is 0 Å². The van der Waals surface area contributed by atoms with Crippen molar-refractivity contribution in [2.75, 3.05) is 36.0 Å². The summed E-state index contributed by atoms with van der Waals surface area (Å²) in [5.41, 5.74) is 7.10. The summed E-state index contributed by atoms with van der Waals surface area (Å²) < 4.78 is 13.8. The van der Waals surface area contributed by atoms with Gasteiger partial charge in [0.1, 0.15) is 5.82 Å². The summed E-state index contributed by atoms with van der Waals surface area (Å²) >= 11 is 0. The Bertz CT molecular complexity index is 611. The Kier molecular flexibility index (Phi) is 3.96. The Morgan fingerprint density at radius 1 is 1.05 bits per heavy atom. The van der Waals surface area contributed by atoms with Gasteiger partial charge in [0.15, 0.2) is 0 Å². The van der Waals surface area contributed by atoms with Crippen LogP contribution < -0.4 is 15.5 Å². The van der Waals surface area contributed by atoms with Crippen molar-refractivity contribution in [3.63, 3.8) is 0 Å². The third-order valence-corrected chi connectivity index (χ3v) is 3.67. The highest BCUT2D eigenvalue weighted by Gasteiger charge is 2.20. The Balaban J connectivity index is 1.69. The lowest BCUT2D eigenvalue weighted by molar-refractivity contribution is 0.593. The van der Waals surface area contributed by atoms with Gasteiger partial charge in [-0.05, 0) is 18.2 Å². The van der Waals surface area contributed by atoms with Crippen molar-refractivity contribution < 1.29 is 4.39 Å². The molecule has 21 heavy (non-hydrogen) atoms. The predicted molar refractivity (Wildman–Crippen MR) is 80.7 cm³/mol. The molecule has 1 aliphatic heterocycles. The number of aromatic nitrogens is 2. The number of para-hydroxylation sites is 1. The first kappa shape index (κ1) is 13.8. The highest BCUT2D eigenvalue weighted by Crippen LogP contribution is 2.21. The minimum absolute atomic E-state index is 0.174. The maximum Gasteiger partial charge on any atom is 0.225 e. The van der Waals surface area contributed by atoms with Crippen LogP contribution in [0.4, 0.5) is 16.0 Å². The van der Waals surface area contributed by atoms with E-state index < -0.39 is 0 Å². The molecule has 1 aromatic heterocycles. The van der Waals surface area contributed by atoms with E-state index in [1.165, 1.54) is 6.07 Å². The predicted octanol–water partition coefficient (Wildman–Crippen LogP) is 1.40. The number of halogens is 1. The molecule has 1 saturated heterocycles. The van der Waals surface area contributed by atoms with Gasteiger partial charge in [0.25, 0.3) is 0 Å². The molecule has 0 atom stereocenters. The van der Waals surface area contributed by atoms with Crippen molar-refractivity contribution in [3.8, 4) is 0 Å². The molecule has 0 unspecified atom stereocenters. The van der Waals surface area contributed by atoms with E-state index in [0.717, 1.165) is 31.9 Å². The molecule has 5 nitrogen and oxygen atoms in total. The number of hydrogen-bond acceptors (Lipinski definition) is 5. The average molecular weight is 287 g/mol. The molecule has 2 N–H and O–H groups in total. The van der Waals surface area contributed by atoms with Crippen molar-refractivity contribution in [2.45, 2.75) is 6.54 Å². The molecule has 1 fully saturated rings. The van der Waals surface area contributed by atoms with Crippen LogP contribution in [0, 0.1) is 5.82 Å². The van der Waals surface area contributed by atoms with Crippen LogP contribution in [-0.2, 0) is 6.54 Å². The number of rotatable bonds is 3. The van der Waals surface area contributed by atoms with Crippen molar-refractivity contribution in [3.05, 3.63) is 48.0 Å². The summed E-state index contributed by atoms with van der Waals surface area (Å²) in [5.74, 6) is 0.526. The smallest absolute Gasteiger partial charge is 0.225 e. The zero-order valence-corrected chi connectivity index (χ0v) is 11.7. The van der Waals surface area contributed by atoms with E-state index in [1.54, 1.807) is 12.3 Å². The van der Waals surface area contributed by atoms with Gasteiger partial charge in [0.05, 0.1) is 11.4 Å². The summed E-state index contributed by atoms with van der Waals surface area (Å²) in [7, 11) is 0. The van der Waals surface area contributed by atoms with Crippen LogP contribution in [0.25, 0.3) is 0 Å². The molecule has 2 heterocycles. The van der Waals surface area contributed by atoms with Gasteiger partial charge in [-0.15, -0.1) is 0 Å². The van der Waals surface area contributed by atoms with Crippen LogP contribution in [0.3, 0.4) is 0 Å². The first-order valence-corrected chi connectivity index (χ1v) is 7.04. The number of piperazine rings is 1. The molecule has 0 radical (unpaired) electrons. The van der Waals surface area contributed by atoms with E-state index in [1.807, 2.05) is 18.2 Å². The van der Waals surface area contributed by atoms with E-state index in [2.05, 4.69) is 19.8 Å².